The van der Waals surface area contributed by atoms with Crippen LogP contribution in [0.5, 0.6) is 0 Å². The quantitative estimate of drug-likeness (QED) is 0.903. The van der Waals surface area contributed by atoms with Crippen molar-refractivity contribution in [3.05, 3.63) is 11.4 Å². The standard InChI is InChI=1S/C15H27N5O/c1-11(2)5-6-19-7-9-20(10-8-19)15(21)14-13(16)12(3)17-18(14)4/h11H,5-10,16H2,1-4H3. The molecular formula is C15H27N5O. The fraction of sp³-hybridized carbons (Fsp3) is 0.733. The van der Waals surface area contributed by atoms with Crippen molar-refractivity contribution in [2.45, 2.75) is 27.2 Å². The van der Waals surface area contributed by atoms with E-state index in [1.165, 1.54) is 6.42 Å². The molecule has 2 N–H and O–H groups in total. The molecule has 1 amide bonds. The molecule has 21 heavy (non-hydrogen) atoms. The molecule has 1 fully saturated rings. The van der Waals surface area contributed by atoms with Gasteiger partial charge >= 0.3 is 0 Å². The second-order valence-corrected chi connectivity index (χ2v) is 6.29. The van der Waals surface area contributed by atoms with Gasteiger partial charge in [-0.2, -0.15) is 5.10 Å². The van der Waals surface area contributed by atoms with Gasteiger partial charge in [0.25, 0.3) is 5.91 Å². The first-order chi connectivity index (χ1) is 9.90. The topological polar surface area (TPSA) is 67.4 Å². The van der Waals surface area contributed by atoms with Crippen LogP contribution in [-0.4, -0.2) is 58.2 Å². The summed E-state index contributed by atoms with van der Waals surface area (Å²) >= 11 is 0. The number of nitrogen functional groups attached to an aromatic ring is 1. The molecule has 1 aromatic heterocycles. The summed E-state index contributed by atoms with van der Waals surface area (Å²) in [6.45, 7) is 10.8. The number of hydrogen-bond acceptors (Lipinski definition) is 4. The zero-order valence-corrected chi connectivity index (χ0v) is 13.6. The van der Waals surface area contributed by atoms with E-state index < -0.39 is 0 Å². The minimum atomic E-state index is -0.000824. The first-order valence-electron chi connectivity index (χ1n) is 7.70. The number of aromatic nitrogens is 2. The lowest BCUT2D eigenvalue weighted by molar-refractivity contribution is 0.0622. The summed E-state index contributed by atoms with van der Waals surface area (Å²) in [6, 6.07) is 0. The third kappa shape index (κ3) is 3.56. The summed E-state index contributed by atoms with van der Waals surface area (Å²) < 4.78 is 1.60. The number of anilines is 1. The number of amides is 1. The average molecular weight is 293 g/mol. The van der Waals surface area contributed by atoms with Crippen molar-refractivity contribution < 1.29 is 4.79 Å². The second-order valence-electron chi connectivity index (χ2n) is 6.29. The fourth-order valence-electron chi connectivity index (χ4n) is 2.69. The van der Waals surface area contributed by atoms with Crippen molar-refractivity contribution in [1.29, 1.82) is 0 Å². The van der Waals surface area contributed by atoms with Crippen LogP contribution in [0.3, 0.4) is 0 Å². The van der Waals surface area contributed by atoms with Gasteiger partial charge in [0.05, 0.1) is 11.4 Å². The summed E-state index contributed by atoms with van der Waals surface area (Å²) in [4.78, 5) is 16.9. The van der Waals surface area contributed by atoms with E-state index >= 15 is 0 Å². The zero-order chi connectivity index (χ0) is 15.6. The molecule has 118 valence electrons. The van der Waals surface area contributed by atoms with Crippen molar-refractivity contribution >= 4 is 11.6 Å². The average Bonchev–Trinajstić information content (AvgIpc) is 2.70. The molecule has 0 spiro atoms. The number of nitrogens with zero attached hydrogens (tertiary/aromatic N) is 4. The summed E-state index contributed by atoms with van der Waals surface area (Å²) in [6.07, 6.45) is 1.21. The van der Waals surface area contributed by atoms with E-state index in [-0.39, 0.29) is 5.91 Å². The maximum atomic E-state index is 12.6. The highest BCUT2D eigenvalue weighted by Crippen LogP contribution is 2.18. The molecule has 1 aliphatic rings. The monoisotopic (exact) mass is 293 g/mol. The van der Waals surface area contributed by atoms with Gasteiger partial charge < -0.3 is 10.6 Å². The highest BCUT2D eigenvalue weighted by atomic mass is 16.2. The van der Waals surface area contributed by atoms with Crippen molar-refractivity contribution in [2.75, 3.05) is 38.5 Å². The summed E-state index contributed by atoms with van der Waals surface area (Å²) in [5, 5.41) is 4.22. The van der Waals surface area contributed by atoms with Gasteiger partial charge in [-0.3, -0.25) is 14.4 Å². The predicted molar refractivity (Wildman–Crippen MR) is 84.2 cm³/mol. The molecule has 0 bridgehead atoms. The molecule has 1 aromatic rings. The molecule has 0 saturated carbocycles. The summed E-state index contributed by atoms with van der Waals surface area (Å²) in [5.41, 5.74) is 7.72. The first kappa shape index (κ1) is 15.8. The number of hydrogen-bond donors (Lipinski definition) is 1. The van der Waals surface area contributed by atoms with Crippen LogP contribution in [0.1, 0.15) is 36.5 Å². The van der Waals surface area contributed by atoms with Gasteiger partial charge in [0.1, 0.15) is 5.69 Å². The number of carbonyl (C=O) groups excluding carboxylic acids is 1. The minimum absolute atomic E-state index is 0.000824. The molecule has 1 aliphatic heterocycles. The summed E-state index contributed by atoms with van der Waals surface area (Å²) in [7, 11) is 1.77. The number of piperazine rings is 1. The van der Waals surface area contributed by atoms with Crippen molar-refractivity contribution in [3.8, 4) is 0 Å². The van der Waals surface area contributed by atoms with Crippen LogP contribution in [-0.2, 0) is 7.05 Å². The Bertz CT molecular complexity index is 500. The van der Waals surface area contributed by atoms with Crippen LogP contribution >= 0.6 is 0 Å². The number of rotatable bonds is 4. The SMILES string of the molecule is Cc1nn(C)c(C(=O)N2CCN(CCC(C)C)CC2)c1N. The molecule has 1 saturated heterocycles. The van der Waals surface area contributed by atoms with Crippen LogP contribution in [0.15, 0.2) is 0 Å². The maximum absolute atomic E-state index is 12.6. The third-order valence-electron chi connectivity index (χ3n) is 4.15. The molecule has 6 heteroatoms. The van der Waals surface area contributed by atoms with Gasteiger partial charge in [-0.1, -0.05) is 13.8 Å². The lowest BCUT2D eigenvalue weighted by Crippen LogP contribution is -2.49. The van der Waals surface area contributed by atoms with E-state index in [0.717, 1.165) is 44.3 Å². The maximum Gasteiger partial charge on any atom is 0.274 e. The van der Waals surface area contributed by atoms with Crippen LogP contribution < -0.4 is 5.73 Å². The Labute approximate surface area is 126 Å². The molecule has 6 nitrogen and oxygen atoms in total. The largest absolute Gasteiger partial charge is 0.395 e. The molecule has 0 unspecified atom stereocenters. The minimum Gasteiger partial charge on any atom is -0.395 e. The number of nitrogens with two attached hydrogens (primary N) is 1. The smallest absolute Gasteiger partial charge is 0.274 e. The first-order valence-corrected chi connectivity index (χ1v) is 7.70. The van der Waals surface area contributed by atoms with Crippen LogP contribution in [0.4, 0.5) is 5.69 Å². The molecule has 2 heterocycles. The molecule has 2 rings (SSSR count). The Balaban J connectivity index is 1.94. The predicted octanol–water partition coefficient (Wildman–Crippen LogP) is 1.11. The molecular weight excluding hydrogens is 266 g/mol. The normalized spacial score (nSPS) is 16.7. The van der Waals surface area contributed by atoms with Gasteiger partial charge in [-0.05, 0) is 25.8 Å². The Morgan fingerprint density at radius 3 is 2.38 bits per heavy atom. The highest BCUT2D eigenvalue weighted by Gasteiger charge is 2.26. The Kier molecular flexibility index (Phi) is 4.88. The lowest BCUT2D eigenvalue weighted by atomic mass is 10.1. The Hall–Kier alpha value is -1.56. The lowest BCUT2D eigenvalue weighted by Gasteiger charge is -2.35. The van der Waals surface area contributed by atoms with Gasteiger partial charge in [0, 0.05) is 33.2 Å². The Morgan fingerprint density at radius 2 is 1.90 bits per heavy atom. The zero-order valence-electron chi connectivity index (χ0n) is 13.6. The second kappa shape index (κ2) is 6.47. The molecule has 0 radical (unpaired) electrons. The van der Waals surface area contributed by atoms with Gasteiger partial charge in [0.2, 0.25) is 0 Å². The van der Waals surface area contributed by atoms with E-state index in [2.05, 4.69) is 23.8 Å². The summed E-state index contributed by atoms with van der Waals surface area (Å²) in [5.74, 6) is 0.723. The highest BCUT2D eigenvalue weighted by molar-refractivity contribution is 5.98. The van der Waals surface area contributed by atoms with Crippen LogP contribution in [0, 0.1) is 12.8 Å². The molecule has 0 atom stereocenters. The van der Waals surface area contributed by atoms with E-state index in [1.807, 2.05) is 11.8 Å². The third-order valence-corrected chi connectivity index (χ3v) is 4.15. The van der Waals surface area contributed by atoms with Gasteiger partial charge in [-0.25, -0.2) is 0 Å². The van der Waals surface area contributed by atoms with Crippen molar-refractivity contribution in [2.24, 2.45) is 13.0 Å². The molecule has 0 aliphatic carbocycles. The molecule has 0 aromatic carbocycles. The Morgan fingerprint density at radius 1 is 1.29 bits per heavy atom. The number of aryl methyl sites for hydroxylation is 2. The van der Waals surface area contributed by atoms with Crippen LogP contribution in [0.2, 0.25) is 0 Å². The van der Waals surface area contributed by atoms with E-state index in [0.29, 0.717) is 11.4 Å². The van der Waals surface area contributed by atoms with Crippen molar-refractivity contribution in [3.63, 3.8) is 0 Å². The van der Waals surface area contributed by atoms with Crippen molar-refractivity contribution in [1.82, 2.24) is 19.6 Å². The van der Waals surface area contributed by atoms with E-state index in [1.54, 1.807) is 11.7 Å². The number of carbonyl (C=O) groups is 1. The van der Waals surface area contributed by atoms with Gasteiger partial charge in [-0.15, -0.1) is 0 Å². The van der Waals surface area contributed by atoms with E-state index in [9.17, 15) is 4.79 Å². The fourth-order valence-corrected chi connectivity index (χ4v) is 2.69. The van der Waals surface area contributed by atoms with E-state index in [4.69, 9.17) is 5.73 Å². The van der Waals surface area contributed by atoms with Gasteiger partial charge in [0.15, 0.2) is 0 Å². The van der Waals surface area contributed by atoms with Crippen LogP contribution in [0.25, 0.3) is 0 Å².